The van der Waals surface area contributed by atoms with Crippen LogP contribution in [-0.2, 0) is 0 Å². The summed E-state index contributed by atoms with van der Waals surface area (Å²) in [4.78, 5) is 26.0. The molecule has 11 heteroatoms. The lowest BCUT2D eigenvalue weighted by molar-refractivity contribution is -0.402. The number of rotatable bonds is 7. The Hall–Kier alpha value is -4.38. The molecule has 0 aliphatic rings. The normalized spacial score (nSPS) is 12.0. The largest absolute Gasteiger partial charge is 0.433 e. The van der Waals surface area contributed by atoms with Crippen molar-refractivity contribution in [2.24, 2.45) is 10.1 Å². The van der Waals surface area contributed by atoms with Gasteiger partial charge in [0.15, 0.2) is 5.76 Å². The molecule has 10 nitrogen and oxygen atoms in total. The Morgan fingerprint density at radius 1 is 0.971 bits per heavy atom. The highest BCUT2D eigenvalue weighted by Crippen LogP contribution is 2.24. The molecule has 4 aromatic rings. The summed E-state index contributed by atoms with van der Waals surface area (Å²) in [6, 6.07) is 16.7. The molecule has 0 saturated carbocycles. The van der Waals surface area contributed by atoms with E-state index in [0.717, 1.165) is 5.69 Å². The van der Waals surface area contributed by atoms with E-state index in [1.54, 1.807) is 16.8 Å². The molecule has 0 atom stereocenters. The van der Waals surface area contributed by atoms with Crippen LogP contribution in [0.1, 0.15) is 31.1 Å². The van der Waals surface area contributed by atoms with Crippen LogP contribution in [-0.4, -0.2) is 20.7 Å². The van der Waals surface area contributed by atoms with E-state index in [4.69, 9.17) is 9.41 Å². The zero-order chi connectivity index (χ0) is 24.2. The van der Waals surface area contributed by atoms with Crippen LogP contribution in [0.25, 0.3) is 11.3 Å². The molecule has 2 aromatic carbocycles. The fraction of sp³-hybridized carbons (Fsp3) is 0.130. The monoisotopic (exact) mass is 477 g/mol. The first-order valence-corrected chi connectivity index (χ1v) is 11.1. The number of hydrogen-bond acceptors (Lipinski definition) is 8. The summed E-state index contributed by atoms with van der Waals surface area (Å²) >= 11 is 1.34. The van der Waals surface area contributed by atoms with Crippen molar-refractivity contribution in [2.75, 3.05) is 0 Å². The van der Waals surface area contributed by atoms with E-state index in [0.29, 0.717) is 22.0 Å². The van der Waals surface area contributed by atoms with Gasteiger partial charge >= 0.3 is 5.88 Å². The molecule has 0 radical (unpaired) electrons. The Morgan fingerprint density at radius 2 is 1.68 bits per heavy atom. The molecule has 34 heavy (non-hydrogen) atoms. The van der Waals surface area contributed by atoms with E-state index in [2.05, 4.69) is 18.9 Å². The van der Waals surface area contributed by atoms with Gasteiger partial charge in [-0.25, -0.2) is 9.67 Å². The highest BCUT2D eigenvalue weighted by Gasteiger charge is 2.13. The van der Waals surface area contributed by atoms with Gasteiger partial charge in [-0.1, -0.05) is 26.0 Å². The highest BCUT2D eigenvalue weighted by atomic mass is 32.1. The zero-order valence-electron chi connectivity index (χ0n) is 18.2. The van der Waals surface area contributed by atoms with Gasteiger partial charge in [-0.3, -0.25) is 20.2 Å². The van der Waals surface area contributed by atoms with Gasteiger partial charge in [-0.05, 0) is 41.8 Å². The number of benzene rings is 2. The summed E-state index contributed by atoms with van der Waals surface area (Å²) in [5.41, 5.74) is 3.25. The van der Waals surface area contributed by atoms with Crippen LogP contribution >= 0.6 is 11.3 Å². The lowest BCUT2D eigenvalue weighted by Gasteiger charge is -2.05. The van der Waals surface area contributed by atoms with Crippen molar-refractivity contribution in [1.29, 1.82) is 0 Å². The Labute approximate surface area is 197 Å². The van der Waals surface area contributed by atoms with E-state index in [9.17, 15) is 20.2 Å². The van der Waals surface area contributed by atoms with Gasteiger partial charge in [0, 0.05) is 23.1 Å². The molecule has 0 N–H and O–H groups in total. The molecule has 0 spiro atoms. The van der Waals surface area contributed by atoms with E-state index < -0.39 is 9.85 Å². The average Bonchev–Trinajstić information content (AvgIpc) is 3.45. The number of thiazole rings is 1. The van der Waals surface area contributed by atoms with Gasteiger partial charge in [0.05, 0.1) is 28.6 Å². The second kappa shape index (κ2) is 9.63. The number of furan rings is 1. The van der Waals surface area contributed by atoms with Crippen molar-refractivity contribution in [1.82, 2.24) is 4.68 Å². The topological polar surface area (TPSA) is 129 Å². The van der Waals surface area contributed by atoms with Gasteiger partial charge in [-0.2, -0.15) is 5.10 Å². The molecule has 2 aromatic heterocycles. The smallest absolute Gasteiger partial charge is 0.400 e. The summed E-state index contributed by atoms with van der Waals surface area (Å²) in [7, 11) is 0. The van der Waals surface area contributed by atoms with Crippen LogP contribution < -0.4 is 4.80 Å². The third-order valence-corrected chi connectivity index (χ3v) is 5.75. The van der Waals surface area contributed by atoms with Crippen LogP contribution in [0.3, 0.4) is 0 Å². The number of non-ortho nitro benzene ring substituents is 1. The Morgan fingerprint density at radius 3 is 2.26 bits per heavy atom. The summed E-state index contributed by atoms with van der Waals surface area (Å²) in [5.74, 6) is 0.214. The maximum absolute atomic E-state index is 11.0. The molecule has 0 bridgehead atoms. The minimum atomic E-state index is -0.626. The summed E-state index contributed by atoms with van der Waals surface area (Å²) < 4.78 is 6.73. The first kappa shape index (κ1) is 22.8. The van der Waals surface area contributed by atoms with Crippen LogP contribution in [0.15, 0.2) is 80.6 Å². The molecule has 4 rings (SSSR count). The summed E-state index contributed by atoms with van der Waals surface area (Å²) in [6.07, 6.45) is 1.36. The Kier molecular flexibility index (Phi) is 6.46. The molecule has 0 fully saturated rings. The number of aromatic nitrogens is 1. The fourth-order valence-electron chi connectivity index (χ4n) is 3.11. The van der Waals surface area contributed by atoms with Gasteiger partial charge in [0.2, 0.25) is 4.80 Å². The first-order chi connectivity index (χ1) is 16.3. The second-order valence-electron chi connectivity index (χ2n) is 7.56. The quantitative estimate of drug-likeness (QED) is 0.187. The molecule has 0 amide bonds. The summed E-state index contributed by atoms with van der Waals surface area (Å²) in [6.45, 7) is 4.23. The molecule has 0 aliphatic carbocycles. The van der Waals surface area contributed by atoms with Crippen molar-refractivity contribution < 1.29 is 14.3 Å². The maximum Gasteiger partial charge on any atom is 0.433 e. The highest BCUT2D eigenvalue weighted by molar-refractivity contribution is 7.07. The predicted octanol–water partition coefficient (Wildman–Crippen LogP) is 5.86. The lowest BCUT2D eigenvalue weighted by Crippen LogP contribution is -2.11. The molecule has 172 valence electrons. The van der Waals surface area contributed by atoms with Gasteiger partial charge in [0.25, 0.3) is 5.69 Å². The maximum atomic E-state index is 11.0. The third kappa shape index (κ3) is 4.99. The van der Waals surface area contributed by atoms with Crippen molar-refractivity contribution in [3.63, 3.8) is 0 Å². The number of nitro benzene ring substituents is 1. The fourth-order valence-corrected chi connectivity index (χ4v) is 3.97. The van der Waals surface area contributed by atoms with Crippen molar-refractivity contribution in [3.8, 4) is 11.3 Å². The minimum Gasteiger partial charge on any atom is -0.400 e. The van der Waals surface area contributed by atoms with Crippen LogP contribution in [0.4, 0.5) is 17.3 Å². The van der Waals surface area contributed by atoms with Crippen molar-refractivity contribution >= 4 is 34.8 Å². The van der Waals surface area contributed by atoms with E-state index in [1.165, 1.54) is 47.4 Å². The predicted molar refractivity (Wildman–Crippen MR) is 129 cm³/mol. The van der Waals surface area contributed by atoms with E-state index in [-0.39, 0.29) is 17.3 Å². The molecular formula is C23H19N5O5S. The van der Waals surface area contributed by atoms with E-state index in [1.807, 2.05) is 29.6 Å². The molecule has 2 heterocycles. The standard InChI is InChI=1S/C23H19N5O5S/c1-15(2)16-3-7-18(8-4-16)25-23-26(24-13-20-11-12-22(33-20)28(31)32)21(14-34-23)17-5-9-19(10-6-17)27(29)30/h3-15H,1-2H3. The van der Waals surface area contributed by atoms with Crippen LogP contribution in [0.5, 0.6) is 0 Å². The average molecular weight is 478 g/mol. The minimum absolute atomic E-state index is 0.0212. The number of nitrogens with zero attached hydrogens (tertiary/aromatic N) is 5. The SMILES string of the molecule is CC(C)c1ccc(N=c2scc(-c3ccc([N+](=O)[O-])cc3)n2N=Cc2ccc([N+](=O)[O-])o2)cc1. The molecule has 0 unspecified atom stereocenters. The van der Waals surface area contributed by atoms with Gasteiger partial charge in [0.1, 0.15) is 4.92 Å². The Bertz CT molecular complexity index is 1430. The Balaban J connectivity index is 1.78. The number of nitro groups is 2. The molecular weight excluding hydrogens is 458 g/mol. The van der Waals surface area contributed by atoms with Gasteiger partial charge < -0.3 is 4.42 Å². The van der Waals surface area contributed by atoms with E-state index >= 15 is 0 Å². The third-order valence-electron chi connectivity index (χ3n) is 4.94. The van der Waals surface area contributed by atoms with Crippen molar-refractivity contribution in [2.45, 2.75) is 19.8 Å². The summed E-state index contributed by atoms with van der Waals surface area (Å²) in [5, 5.41) is 28.2. The van der Waals surface area contributed by atoms with Crippen LogP contribution in [0.2, 0.25) is 0 Å². The first-order valence-electron chi connectivity index (χ1n) is 10.2. The van der Waals surface area contributed by atoms with Crippen LogP contribution in [0, 0.1) is 20.2 Å². The van der Waals surface area contributed by atoms with Crippen molar-refractivity contribution in [3.05, 3.63) is 102 Å². The molecule has 0 aliphatic heterocycles. The van der Waals surface area contributed by atoms with Gasteiger partial charge in [-0.15, -0.1) is 11.3 Å². The second-order valence-corrected chi connectivity index (χ2v) is 8.39. The molecule has 0 saturated heterocycles. The zero-order valence-corrected chi connectivity index (χ0v) is 19.0. The lowest BCUT2D eigenvalue weighted by atomic mass is 10.0. The number of hydrogen-bond donors (Lipinski definition) is 0.